The first-order valence-electron chi connectivity index (χ1n) is 10.6. The van der Waals surface area contributed by atoms with Crippen LogP contribution in [0.3, 0.4) is 0 Å². The molecule has 27 heavy (non-hydrogen) atoms. The first kappa shape index (κ1) is 19.6. The summed E-state index contributed by atoms with van der Waals surface area (Å²) in [6, 6.07) is 5.96. The fourth-order valence-electron chi connectivity index (χ4n) is 6.31. The monoisotopic (exact) mass is 478 g/mol. The Morgan fingerprint density at radius 1 is 1.19 bits per heavy atom. The zero-order chi connectivity index (χ0) is 19.1. The summed E-state index contributed by atoms with van der Waals surface area (Å²) in [5, 5.41) is 21.3. The van der Waals surface area contributed by atoms with E-state index in [1.54, 1.807) is 0 Å². The summed E-state index contributed by atoms with van der Waals surface area (Å²) in [6.45, 7) is 2.31. The van der Waals surface area contributed by atoms with Gasteiger partial charge in [-0.05, 0) is 96.8 Å². The van der Waals surface area contributed by atoms with Crippen LogP contribution in [0.15, 0.2) is 18.2 Å². The van der Waals surface area contributed by atoms with Gasteiger partial charge in [0.15, 0.2) is 0 Å². The maximum absolute atomic E-state index is 11.5. The molecule has 3 heteroatoms. The van der Waals surface area contributed by atoms with Crippen LogP contribution >= 0.6 is 22.6 Å². The van der Waals surface area contributed by atoms with Crippen LogP contribution in [0.1, 0.15) is 75.3 Å². The van der Waals surface area contributed by atoms with Crippen LogP contribution in [-0.4, -0.2) is 20.2 Å². The highest BCUT2D eigenvalue weighted by Gasteiger charge is 2.61. The molecule has 146 valence electrons. The van der Waals surface area contributed by atoms with E-state index in [2.05, 4.69) is 47.4 Å². The summed E-state index contributed by atoms with van der Waals surface area (Å²) < 4.78 is 1.19. The van der Waals surface area contributed by atoms with Gasteiger partial charge in [-0.1, -0.05) is 41.5 Å². The summed E-state index contributed by atoms with van der Waals surface area (Å²) >= 11 is 2.41. The number of alkyl halides is 1. The van der Waals surface area contributed by atoms with Crippen LogP contribution < -0.4 is 0 Å². The largest absolute Gasteiger partial charge is 0.508 e. The third kappa shape index (κ3) is 3.31. The molecule has 0 unspecified atom stereocenters. The molecule has 3 aliphatic rings. The predicted octanol–water partition coefficient (Wildman–Crippen LogP) is 5.59. The van der Waals surface area contributed by atoms with Crippen LogP contribution in [0, 0.1) is 29.1 Å². The Morgan fingerprint density at radius 2 is 2.04 bits per heavy atom. The number of aromatic hydroxyl groups is 1. The normalized spacial score (nSPS) is 36.9. The smallest absolute Gasteiger partial charge is 0.131 e. The first-order valence-corrected chi connectivity index (χ1v) is 12.1. The Bertz CT molecular complexity index is 763. The highest BCUT2D eigenvalue weighted by atomic mass is 127. The second-order valence-electron chi connectivity index (χ2n) is 9.10. The molecule has 2 saturated carbocycles. The van der Waals surface area contributed by atoms with E-state index >= 15 is 0 Å². The molecule has 4 rings (SSSR count). The number of phenolic OH excluding ortho intramolecular Hbond substituents is 1. The van der Waals surface area contributed by atoms with Crippen molar-refractivity contribution in [1.29, 1.82) is 0 Å². The van der Waals surface area contributed by atoms with Crippen molar-refractivity contribution in [3.05, 3.63) is 29.3 Å². The van der Waals surface area contributed by atoms with E-state index in [9.17, 15) is 10.2 Å². The molecule has 0 amide bonds. The van der Waals surface area contributed by atoms with Gasteiger partial charge >= 0.3 is 0 Å². The number of aliphatic hydroxyl groups is 1. The molecule has 0 aliphatic heterocycles. The average molecular weight is 478 g/mol. The summed E-state index contributed by atoms with van der Waals surface area (Å²) in [5.74, 6) is 8.86. The first-order chi connectivity index (χ1) is 13.0. The van der Waals surface area contributed by atoms with Crippen molar-refractivity contribution in [3.63, 3.8) is 0 Å². The number of halogens is 1. The summed E-state index contributed by atoms with van der Waals surface area (Å²) in [6.07, 6.45) is 9.62. The zero-order valence-corrected chi connectivity index (χ0v) is 18.5. The Balaban J connectivity index is 1.55. The molecule has 0 bridgehead atoms. The van der Waals surface area contributed by atoms with Crippen LogP contribution in [0.4, 0.5) is 0 Å². The molecule has 2 fully saturated rings. The van der Waals surface area contributed by atoms with Gasteiger partial charge < -0.3 is 10.2 Å². The molecule has 0 heterocycles. The van der Waals surface area contributed by atoms with Gasteiger partial charge in [0.25, 0.3) is 0 Å². The third-order valence-corrected chi connectivity index (χ3v) is 8.61. The van der Waals surface area contributed by atoms with E-state index in [-0.39, 0.29) is 5.41 Å². The minimum atomic E-state index is -0.803. The minimum Gasteiger partial charge on any atom is -0.508 e. The highest BCUT2D eigenvalue weighted by Crippen LogP contribution is 2.64. The summed E-state index contributed by atoms with van der Waals surface area (Å²) in [7, 11) is 0. The lowest BCUT2D eigenvalue weighted by atomic mass is 9.53. The van der Waals surface area contributed by atoms with Crippen LogP contribution in [0.2, 0.25) is 0 Å². The van der Waals surface area contributed by atoms with Crippen LogP contribution in [-0.2, 0) is 6.42 Å². The van der Waals surface area contributed by atoms with Crippen molar-refractivity contribution in [2.45, 2.75) is 76.2 Å². The van der Waals surface area contributed by atoms with Crippen molar-refractivity contribution >= 4 is 22.6 Å². The SMILES string of the molecule is C[C@]12CC[C@@H]3c4ccc(O)cc4CC[C@H]3[C@@H]1CC[C@@]2(O)C#CCCCCI. The van der Waals surface area contributed by atoms with Gasteiger partial charge in [-0.3, -0.25) is 0 Å². The lowest BCUT2D eigenvalue weighted by molar-refractivity contribution is -0.0648. The second kappa shape index (κ2) is 7.59. The molecule has 1 aromatic carbocycles. The number of hydrogen-bond donors (Lipinski definition) is 2. The van der Waals surface area contributed by atoms with E-state index in [0.29, 0.717) is 23.5 Å². The van der Waals surface area contributed by atoms with Crippen LogP contribution in [0.5, 0.6) is 5.75 Å². The Morgan fingerprint density at radius 3 is 2.85 bits per heavy atom. The van der Waals surface area contributed by atoms with Gasteiger partial charge in [0.2, 0.25) is 0 Å². The van der Waals surface area contributed by atoms with Gasteiger partial charge in [0.05, 0.1) is 0 Å². The van der Waals surface area contributed by atoms with Crippen molar-refractivity contribution in [3.8, 4) is 17.6 Å². The van der Waals surface area contributed by atoms with Crippen molar-refractivity contribution < 1.29 is 10.2 Å². The van der Waals surface area contributed by atoms with E-state index in [0.717, 1.165) is 44.9 Å². The maximum atomic E-state index is 11.5. The summed E-state index contributed by atoms with van der Waals surface area (Å²) in [5.41, 5.74) is 1.91. The van der Waals surface area contributed by atoms with Gasteiger partial charge in [-0.2, -0.15) is 0 Å². The standard InChI is InChI=1S/C24H31IO2/c1-23-13-10-20-19-9-7-18(26)16-17(19)6-8-21(20)22(23)11-14-24(23,27)12-4-2-3-5-15-25/h7,9,16,20-22,26-27H,2-3,5-6,8,10-11,13-15H2,1H3/t20-,21-,22+,23+,24+/m1/s1. The average Bonchev–Trinajstić information content (AvgIpc) is 2.92. The van der Waals surface area contributed by atoms with Crippen molar-refractivity contribution in [2.24, 2.45) is 17.3 Å². The molecular weight excluding hydrogens is 447 g/mol. The van der Waals surface area contributed by atoms with Gasteiger partial charge in [0, 0.05) is 11.8 Å². The number of aryl methyl sites for hydroxylation is 1. The number of rotatable bonds is 3. The molecule has 0 aromatic heterocycles. The lowest BCUT2D eigenvalue weighted by Crippen LogP contribution is -2.50. The fourth-order valence-corrected chi connectivity index (χ4v) is 6.85. The summed E-state index contributed by atoms with van der Waals surface area (Å²) in [4.78, 5) is 0. The maximum Gasteiger partial charge on any atom is 0.131 e. The van der Waals surface area contributed by atoms with Crippen molar-refractivity contribution in [2.75, 3.05) is 4.43 Å². The second-order valence-corrected chi connectivity index (χ2v) is 10.2. The van der Waals surface area contributed by atoms with E-state index < -0.39 is 5.60 Å². The van der Waals surface area contributed by atoms with Gasteiger partial charge in [-0.15, -0.1) is 5.92 Å². The molecule has 1 aromatic rings. The zero-order valence-electron chi connectivity index (χ0n) is 16.3. The molecule has 0 saturated heterocycles. The third-order valence-electron chi connectivity index (χ3n) is 7.84. The molecule has 5 atom stereocenters. The fraction of sp³-hybridized carbons (Fsp3) is 0.667. The predicted molar refractivity (Wildman–Crippen MR) is 118 cm³/mol. The van der Waals surface area contributed by atoms with E-state index in [1.165, 1.54) is 28.4 Å². The number of hydrogen-bond acceptors (Lipinski definition) is 2. The van der Waals surface area contributed by atoms with Gasteiger partial charge in [0.1, 0.15) is 11.4 Å². The number of unbranched alkanes of at least 4 members (excludes halogenated alkanes) is 2. The van der Waals surface area contributed by atoms with Gasteiger partial charge in [-0.25, -0.2) is 0 Å². The minimum absolute atomic E-state index is 0.0706. The molecule has 3 aliphatic carbocycles. The Hall–Kier alpha value is -0.730. The quantitative estimate of drug-likeness (QED) is 0.258. The van der Waals surface area contributed by atoms with Crippen LogP contribution in [0.25, 0.3) is 0 Å². The molecular formula is C24H31IO2. The Labute approximate surface area is 177 Å². The molecule has 0 spiro atoms. The lowest BCUT2D eigenvalue weighted by Gasteiger charge is -2.52. The Kier molecular flexibility index (Phi) is 5.51. The van der Waals surface area contributed by atoms with E-state index in [1.807, 2.05) is 12.1 Å². The highest BCUT2D eigenvalue weighted by molar-refractivity contribution is 14.1. The molecule has 2 N–H and O–H groups in total. The number of phenols is 1. The van der Waals surface area contributed by atoms with E-state index in [4.69, 9.17) is 0 Å². The molecule has 2 nitrogen and oxygen atoms in total. The molecule has 0 radical (unpaired) electrons. The number of fused-ring (bicyclic) bond motifs is 5. The topological polar surface area (TPSA) is 40.5 Å². The van der Waals surface area contributed by atoms with Crippen molar-refractivity contribution in [1.82, 2.24) is 0 Å². The number of benzene rings is 1.